The van der Waals surface area contributed by atoms with Gasteiger partial charge in [-0.3, -0.25) is 4.79 Å². The first-order valence-electron chi connectivity index (χ1n) is 6.60. The molecule has 0 radical (unpaired) electrons. The molecule has 5 heteroatoms. The Hall–Kier alpha value is -1.10. The van der Waals surface area contributed by atoms with Crippen LogP contribution in [0.4, 0.5) is 10.1 Å². The van der Waals surface area contributed by atoms with Gasteiger partial charge in [-0.1, -0.05) is 13.3 Å². The van der Waals surface area contributed by atoms with E-state index in [-0.39, 0.29) is 11.6 Å². The summed E-state index contributed by atoms with van der Waals surface area (Å²) in [5.41, 5.74) is 6.01. The molecule has 1 aliphatic rings. The fourth-order valence-electron chi connectivity index (χ4n) is 2.05. The predicted molar refractivity (Wildman–Crippen MR) is 77.5 cm³/mol. The number of nitrogens with zero attached hydrogens (tertiary/aromatic N) is 1. The minimum atomic E-state index is -0.505. The van der Waals surface area contributed by atoms with Gasteiger partial charge < -0.3 is 10.6 Å². The molecule has 0 aromatic heterocycles. The Labute approximate surface area is 121 Å². The van der Waals surface area contributed by atoms with Crippen LogP contribution >= 0.6 is 15.9 Å². The second-order valence-electron chi connectivity index (χ2n) is 4.94. The number of hydrogen-bond acceptors (Lipinski definition) is 2. The van der Waals surface area contributed by atoms with Gasteiger partial charge in [-0.25, -0.2) is 4.39 Å². The average Bonchev–Trinajstić information content (AvgIpc) is 3.18. The van der Waals surface area contributed by atoms with E-state index in [0.717, 1.165) is 32.2 Å². The zero-order chi connectivity index (χ0) is 14.0. The van der Waals surface area contributed by atoms with Gasteiger partial charge in [0.25, 0.3) is 5.91 Å². The van der Waals surface area contributed by atoms with Crippen LogP contribution in [-0.4, -0.2) is 23.4 Å². The number of nitrogen functional groups attached to an aromatic ring is 1. The topological polar surface area (TPSA) is 46.3 Å². The van der Waals surface area contributed by atoms with Crippen LogP contribution in [0.25, 0.3) is 0 Å². The maximum atomic E-state index is 13.3. The Morgan fingerprint density at radius 2 is 2.21 bits per heavy atom. The van der Waals surface area contributed by atoms with Crippen LogP contribution in [0.3, 0.4) is 0 Å². The van der Waals surface area contributed by atoms with Gasteiger partial charge in [-0.2, -0.15) is 0 Å². The zero-order valence-corrected chi connectivity index (χ0v) is 12.5. The summed E-state index contributed by atoms with van der Waals surface area (Å²) in [7, 11) is 0. The van der Waals surface area contributed by atoms with Crippen molar-refractivity contribution >= 4 is 27.5 Å². The molecule has 1 saturated carbocycles. The van der Waals surface area contributed by atoms with Gasteiger partial charge in [0.15, 0.2) is 0 Å². The molecule has 19 heavy (non-hydrogen) atoms. The standard InChI is InChI=1S/C14H18BrFN2O/c1-2-3-6-18(9-4-5-9)14(19)10-7-13(17)12(16)8-11(10)15/h7-9H,2-6,17H2,1H3. The van der Waals surface area contributed by atoms with Crippen molar-refractivity contribution in [2.45, 2.75) is 38.6 Å². The van der Waals surface area contributed by atoms with Gasteiger partial charge in [0.1, 0.15) is 5.82 Å². The maximum Gasteiger partial charge on any atom is 0.255 e. The monoisotopic (exact) mass is 328 g/mol. The minimum absolute atomic E-state index is 0.0118. The third kappa shape index (κ3) is 3.26. The Morgan fingerprint density at radius 1 is 1.53 bits per heavy atom. The second kappa shape index (κ2) is 5.90. The van der Waals surface area contributed by atoms with E-state index in [0.29, 0.717) is 16.1 Å². The summed E-state index contributed by atoms with van der Waals surface area (Å²) in [5.74, 6) is -0.565. The minimum Gasteiger partial charge on any atom is -0.396 e. The maximum absolute atomic E-state index is 13.3. The molecule has 2 rings (SSSR count). The van der Waals surface area contributed by atoms with Crippen molar-refractivity contribution in [2.24, 2.45) is 0 Å². The van der Waals surface area contributed by atoms with Crippen molar-refractivity contribution in [1.29, 1.82) is 0 Å². The molecule has 2 N–H and O–H groups in total. The molecule has 0 unspecified atom stereocenters. The summed E-state index contributed by atoms with van der Waals surface area (Å²) < 4.78 is 13.8. The summed E-state index contributed by atoms with van der Waals surface area (Å²) in [6, 6.07) is 3.02. The molecule has 0 heterocycles. The van der Waals surface area contributed by atoms with Gasteiger partial charge >= 0.3 is 0 Å². The van der Waals surface area contributed by atoms with E-state index < -0.39 is 5.82 Å². The van der Waals surface area contributed by atoms with Crippen molar-refractivity contribution in [3.63, 3.8) is 0 Å². The molecule has 1 fully saturated rings. The van der Waals surface area contributed by atoms with Gasteiger partial charge in [-0.05, 0) is 47.3 Å². The summed E-state index contributed by atoms with van der Waals surface area (Å²) in [6.45, 7) is 2.85. The Balaban J connectivity index is 2.23. The molecule has 1 aromatic carbocycles. The quantitative estimate of drug-likeness (QED) is 0.840. The number of nitrogens with two attached hydrogens (primary N) is 1. The zero-order valence-electron chi connectivity index (χ0n) is 11.0. The third-order valence-electron chi connectivity index (χ3n) is 3.32. The van der Waals surface area contributed by atoms with E-state index in [9.17, 15) is 9.18 Å². The molecule has 0 spiro atoms. The SMILES string of the molecule is CCCCN(C(=O)c1cc(N)c(F)cc1Br)C1CC1. The van der Waals surface area contributed by atoms with Gasteiger partial charge in [0.05, 0.1) is 11.3 Å². The molecule has 3 nitrogen and oxygen atoms in total. The first-order valence-corrected chi connectivity index (χ1v) is 7.39. The first kappa shape index (κ1) is 14.3. The lowest BCUT2D eigenvalue weighted by atomic mass is 10.1. The summed E-state index contributed by atoms with van der Waals surface area (Å²) in [4.78, 5) is 14.4. The Bertz CT molecular complexity index is 489. The number of unbranched alkanes of at least 4 members (excludes halogenated alkanes) is 1. The van der Waals surface area contributed by atoms with Crippen LogP contribution in [0.5, 0.6) is 0 Å². The van der Waals surface area contributed by atoms with Crippen LogP contribution < -0.4 is 5.73 Å². The molecule has 0 atom stereocenters. The van der Waals surface area contributed by atoms with Crippen molar-refractivity contribution in [1.82, 2.24) is 4.90 Å². The molecule has 1 aliphatic carbocycles. The van der Waals surface area contributed by atoms with Crippen LogP contribution in [0, 0.1) is 5.82 Å². The molecule has 0 aliphatic heterocycles. The van der Waals surface area contributed by atoms with Crippen LogP contribution in [-0.2, 0) is 0 Å². The lowest BCUT2D eigenvalue weighted by molar-refractivity contribution is 0.0740. The Kier molecular flexibility index (Phi) is 4.45. The number of amides is 1. The largest absolute Gasteiger partial charge is 0.396 e. The van der Waals surface area contributed by atoms with E-state index in [4.69, 9.17) is 5.73 Å². The third-order valence-corrected chi connectivity index (χ3v) is 3.97. The van der Waals surface area contributed by atoms with Crippen LogP contribution in [0.1, 0.15) is 43.0 Å². The number of rotatable bonds is 5. The fourth-order valence-corrected chi connectivity index (χ4v) is 2.53. The van der Waals surface area contributed by atoms with Crippen LogP contribution in [0.2, 0.25) is 0 Å². The van der Waals surface area contributed by atoms with Crippen molar-refractivity contribution in [3.05, 3.63) is 28.0 Å². The number of carbonyl (C=O) groups is 1. The summed E-state index contributed by atoms with van der Waals surface area (Å²) in [5, 5.41) is 0. The number of halogens is 2. The first-order chi connectivity index (χ1) is 9.04. The second-order valence-corrected chi connectivity index (χ2v) is 5.79. The van der Waals surface area contributed by atoms with E-state index in [1.807, 2.05) is 4.90 Å². The van der Waals surface area contributed by atoms with Gasteiger partial charge in [-0.15, -0.1) is 0 Å². The lowest BCUT2D eigenvalue weighted by Gasteiger charge is -2.23. The number of benzene rings is 1. The molecule has 0 bridgehead atoms. The molecule has 1 aromatic rings. The van der Waals surface area contributed by atoms with E-state index >= 15 is 0 Å². The lowest BCUT2D eigenvalue weighted by Crippen LogP contribution is -2.34. The van der Waals surface area contributed by atoms with Crippen LogP contribution in [0.15, 0.2) is 16.6 Å². The van der Waals surface area contributed by atoms with E-state index in [1.165, 1.54) is 12.1 Å². The van der Waals surface area contributed by atoms with E-state index in [2.05, 4.69) is 22.9 Å². The average molecular weight is 329 g/mol. The van der Waals surface area contributed by atoms with Gasteiger partial charge in [0.2, 0.25) is 0 Å². The van der Waals surface area contributed by atoms with Crippen molar-refractivity contribution in [2.75, 3.05) is 12.3 Å². The highest BCUT2D eigenvalue weighted by Gasteiger charge is 2.33. The Morgan fingerprint density at radius 3 is 2.79 bits per heavy atom. The molecule has 0 saturated heterocycles. The van der Waals surface area contributed by atoms with Crippen molar-refractivity contribution < 1.29 is 9.18 Å². The highest BCUT2D eigenvalue weighted by molar-refractivity contribution is 9.10. The number of anilines is 1. The van der Waals surface area contributed by atoms with Crippen molar-refractivity contribution in [3.8, 4) is 0 Å². The number of carbonyl (C=O) groups excluding carboxylic acids is 1. The molecular weight excluding hydrogens is 311 g/mol. The molecule has 1 amide bonds. The fraction of sp³-hybridized carbons (Fsp3) is 0.500. The number of hydrogen-bond donors (Lipinski definition) is 1. The summed E-state index contributed by atoms with van der Waals surface area (Å²) in [6.07, 6.45) is 4.15. The smallest absolute Gasteiger partial charge is 0.255 e. The van der Waals surface area contributed by atoms with Gasteiger partial charge in [0, 0.05) is 17.1 Å². The predicted octanol–water partition coefficient (Wildman–Crippen LogP) is 3.58. The normalized spacial score (nSPS) is 14.5. The molecule has 104 valence electrons. The molecular formula is C14H18BrFN2O. The highest BCUT2D eigenvalue weighted by Crippen LogP contribution is 2.31. The van der Waals surface area contributed by atoms with E-state index in [1.54, 1.807) is 0 Å². The highest BCUT2D eigenvalue weighted by atomic mass is 79.9. The summed E-state index contributed by atoms with van der Waals surface area (Å²) >= 11 is 3.24.